The van der Waals surface area contributed by atoms with Gasteiger partial charge in [0.25, 0.3) is 5.91 Å². The molecule has 0 N–H and O–H groups in total. The van der Waals surface area contributed by atoms with Crippen LogP contribution in [-0.2, 0) is 11.2 Å². The van der Waals surface area contributed by atoms with E-state index in [1.165, 1.54) is 5.56 Å². The Balaban J connectivity index is 1.43. The van der Waals surface area contributed by atoms with E-state index >= 15 is 0 Å². The van der Waals surface area contributed by atoms with Gasteiger partial charge in [0.1, 0.15) is 0 Å². The zero-order valence-electron chi connectivity index (χ0n) is 15.8. The van der Waals surface area contributed by atoms with Crippen LogP contribution in [0.1, 0.15) is 35.7 Å². The Labute approximate surface area is 160 Å². The van der Waals surface area contributed by atoms with E-state index in [0.29, 0.717) is 19.0 Å². The van der Waals surface area contributed by atoms with Crippen molar-refractivity contribution in [3.8, 4) is 0 Å². The lowest BCUT2D eigenvalue weighted by Gasteiger charge is -2.38. The number of rotatable bonds is 2. The van der Waals surface area contributed by atoms with Crippen LogP contribution in [0.3, 0.4) is 0 Å². The summed E-state index contributed by atoms with van der Waals surface area (Å²) in [6.07, 6.45) is 2.51. The molecule has 2 aromatic carbocycles. The molecule has 0 aromatic heterocycles. The van der Waals surface area contributed by atoms with Crippen molar-refractivity contribution in [3.63, 3.8) is 0 Å². The molecule has 0 saturated carbocycles. The van der Waals surface area contributed by atoms with Crippen molar-refractivity contribution in [2.24, 2.45) is 11.8 Å². The number of fused-ring (bicyclic) bond motifs is 1. The van der Waals surface area contributed by atoms with Crippen molar-refractivity contribution in [1.82, 2.24) is 4.90 Å². The Hall–Kier alpha value is -2.62. The van der Waals surface area contributed by atoms with Crippen LogP contribution in [0.4, 0.5) is 5.69 Å². The summed E-state index contributed by atoms with van der Waals surface area (Å²) in [5, 5.41) is 0. The van der Waals surface area contributed by atoms with E-state index in [-0.39, 0.29) is 17.7 Å². The second kappa shape index (κ2) is 7.55. The number of piperidine rings is 1. The van der Waals surface area contributed by atoms with Gasteiger partial charge >= 0.3 is 0 Å². The molecule has 4 rings (SSSR count). The van der Waals surface area contributed by atoms with Gasteiger partial charge in [-0.15, -0.1) is 0 Å². The monoisotopic (exact) mass is 362 g/mol. The van der Waals surface area contributed by atoms with Gasteiger partial charge in [-0.25, -0.2) is 0 Å². The van der Waals surface area contributed by atoms with Crippen molar-refractivity contribution >= 4 is 17.5 Å². The maximum atomic E-state index is 13.2. The van der Waals surface area contributed by atoms with Crippen LogP contribution in [0.25, 0.3) is 0 Å². The van der Waals surface area contributed by atoms with Crippen LogP contribution >= 0.6 is 0 Å². The van der Waals surface area contributed by atoms with Crippen LogP contribution in [0, 0.1) is 11.8 Å². The van der Waals surface area contributed by atoms with E-state index in [9.17, 15) is 9.59 Å². The number of benzene rings is 2. The largest absolute Gasteiger partial charge is 0.339 e. The molecule has 4 nitrogen and oxygen atoms in total. The number of nitrogens with zero attached hydrogens (tertiary/aromatic N) is 2. The predicted octanol–water partition coefficient (Wildman–Crippen LogP) is 3.76. The lowest BCUT2D eigenvalue weighted by atomic mass is 9.90. The molecule has 1 saturated heterocycles. The third-order valence-corrected chi connectivity index (χ3v) is 5.76. The highest BCUT2D eigenvalue weighted by atomic mass is 16.2. The minimum atomic E-state index is 0.00294. The topological polar surface area (TPSA) is 40.6 Å². The second-order valence-corrected chi connectivity index (χ2v) is 7.82. The predicted molar refractivity (Wildman–Crippen MR) is 107 cm³/mol. The third kappa shape index (κ3) is 3.61. The molecule has 1 atom stereocenters. The molecule has 1 fully saturated rings. The smallest absolute Gasteiger partial charge is 0.253 e. The molecule has 27 heavy (non-hydrogen) atoms. The van der Waals surface area contributed by atoms with Crippen molar-refractivity contribution in [2.45, 2.75) is 26.2 Å². The summed E-state index contributed by atoms with van der Waals surface area (Å²) in [7, 11) is 0. The van der Waals surface area contributed by atoms with Gasteiger partial charge in [-0.2, -0.15) is 0 Å². The van der Waals surface area contributed by atoms with E-state index in [1.54, 1.807) is 0 Å². The number of para-hydroxylation sites is 1. The fraction of sp³-hybridized carbons (Fsp3) is 0.391. The van der Waals surface area contributed by atoms with E-state index in [2.05, 4.69) is 19.1 Å². The van der Waals surface area contributed by atoms with E-state index in [1.807, 2.05) is 52.3 Å². The summed E-state index contributed by atoms with van der Waals surface area (Å²) in [5.74, 6) is 0.769. The minimum absolute atomic E-state index is 0.00294. The molecule has 2 amide bonds. The summed E-state index contributed by atoms with van der Waals surface area (Å²) in [5.41, 5.74) is 3.06. The molecule has 1 unspecified atom stereocenters. The number of anilines is 1. The molecule has 2 aromatic rings. The van der Waals surface area contributed by atoms with Gasteiger partial charge in [0, 0.05) is 36.8 Å². The van der Waals surface area contributed by atoms with E-state index in [0.717, 1.165) is 37.1 Å². The number of amides is 2. The average molecular weight is 362 g/mol. The Kier molecular flexibility index (Phi) is 4.97. The Morgan fingerprint density at radius 3 is 2.33 bits per heavy atom. The highest BCUT2D eigenvalue weighted by Gasteiger charge is 2.34. The third-order valence-electron chi connectivity index (χ3n) is 5.76. The molecule has 140 valence electrons. The SMILES string of the molecule is CC1Cc2ccccc2N(C(=O)C2CCN(C(=O)c3ccccc3)CC2)C1. The standard InChI is InChI=1S/C23H26N2O2/c1-17-15-20-9-5-6-10-21(20)25(16-17)23(27)19-11-13-24(14-12-19)22(26)18-7-3-2-4-8-18/h2-10,17,19H,11-16H2,1H3. The number of carbonyl (C=O) groups excluding carboxylic acids is 2. The minimum Gasteiger partial charge on any atom is -0.339 e. The molecule has 0 spiro atoms. The molecule has 2 heterocycles. The Bertz CT molecular complexity index is 825. The van der Waals surface area contributed by atoms with E-state index < -0.39 is 0 Å². The molecule has 0 aliphatic carbocycles. The van der Waals surface area contributed by atoms with Crippen LogP contribution in [0.2, 0.25) is 0 Å². The lowest BCUT2D eigenvalue weighted by molar-refractivity contribution is -0.123. The van der Waals surface area contributed by atoms with Gasteiger partial charge in [-0.1, -0.05) is 43.3 Å². The first-order valence-corrected chi connectivity index (χ1v) is 9.87. The van der Waals surface area contributed by atoms with Gasteiger partial charge < -0.3 is 9.80 Å². The van der Waals surface area contributed by atoms with Gasteiger partial charge in [0.05, 0.1) is 0 Å². The Morgan fingerprint density at radius 2 is 1.59 bits per heavy atom. The summed E-state index contributed by atoms with van der Waals surface area (Å²) in [6, 6.07) is 17.6. The first-order valence-electron chi connectivity index (χ1n) is 9.87. The molecule has 4 heteroatoms. The molecular formula is C23H26N2O2. The van der Waals surface area contributed by atoms with Gasteiger partial charge in [0.2, 0.25) is 5.91 Å². The maximum Gasteiger partial charge on any atom is 0.253 e. The lowest BCUT2D eigenvalue weighted by Crippen LogP contribution is -2.47. The van der Waals surface area contributed by atoms with Crippen LogP contribution in [0.15, 0.2) is 54.6 Å². The van der Waals surface area contributed by atoms with Crippen molar-refractivity contribution in [2.75, 3.05) is 24.5 Å². The molecule has 0 radical (unpaired) electrons. The fourth-order valence-electron chi connectivity index (χ4n) is 4.32. The average Bonchev–Trinajstić information content (AvgIpc) is 2.73. The number of carbonyl (C=O) groups is 2. The quantitative estimate of drug-likeness (QED) is 0.816. The molecule has 2 aliphatic rings. The maximum absolute atomic E-state index is 13.2. The van der Waals surface area contributed by atoms with Crippen molar-refractivity contribution < 1.29 is 9.59 Å². The van der Waals surface area contributed by atoms with Crippen LogP contribution < -0.4 is 4.90 Å². The van der Waals surface area contributed by atoms with Crippen LogP contribution in [-0.4, -0.2) is 36.3 Å². The van der Waals surface area contributed by atoms with Gasteiger partial charge in [0.15, 0.2) is 0 Å². The first kappa shape index (κ1) is 17.8. The van der Waals surface area contributed by atoms with Crippen molar-refractivity contribution in [3.05, 3.63) is 65.7 Å². The van der Waals surface area contributed by atoms with E-state index in [4.69, 9.17) is 0 Å². The number of hydrogen-bond acceptors (Lipinski definition) is 2. The summed E-state index contributed by atoms with van der Waals surface area (Å²) in [6.45, 7) is 4.29. The number of likely N-dealkylation sites (tertiary alicyclic amines) is 1. The van der Waals surface area contributed by atoms with Gasteiger partial charge in [-0.3, -0.25) is 9.59 Å². The Morgan fingerprint density at radius 1 is 0.926 bits per heavy atom. The summed E-state index contributed by atoms with van der Waals surface area (Å²) < 4.78 is 0. The number of hydrogen-bond donors (Lipinski definition) is 0. The highest BCUT2D eigenvalue weighted by molar-refractivity contribution is 5.97. The summed E-state index contributed by atoms with van der Waals surface area (Å²) >= 11 is 0. The first-order chi connectivity index (χ1) is 13.1. The second-order valence-electron chi connectivity index (χ2n) is 7.82. The highest BCUT2D eigenvalue weighted by Crippen LogP contribution is 2.32. The van der Waals surface area contributed by atoms with Crippen molar-refractivity contribution in [1.29, 1.82) is 0 Å². The van der Waals surface area contributed by atoms with Gasteiger partial charge in [-0.05, 0) is 48.9 Å². The molecule has 2 aliphatic heterocycles. The normalized spacial score (nSPS) is 20.3. The summed E-state index contributed by atoms with van der Waals surface area (Å²) in [4.78, 5) is 29.7. The molecule has 0 bridgehead atoms. The zero-order valence-corrected chi connectivity index (χ0v) is 15.8. The molecular weight excluding hydrogens is 336 g/mol. The fourth-order valence-corrected chi connectivity index (χ4v) is 4.32. The van der Waals surface area contributed by atoms with Crippen LogP contribution in [0.5, 0.6) is 0 Å². The zero-order chi connectivity index (χ0) is 18.8.